The monoisotopic (exact) mass is 269 g/mol. The van der Waals surface area contributed by atoms with E-state index in [-0.39, 0.29) is 12.4 Å². The molecule has 100 valence electrons. The van der Waals surface area contributed by atoms with Crippen LogP contribution in [-0.4, -0.2) is 26.5 Å². The van der Waals surface area contributed by atoms with Crippen molar-refractivity contribution < 1.29 is 0 Å². The zero-order valence-corrected chi connectivity index (χ0v) is 11.6. The van der Waals surface area contributed by atoms with Crippen LogP contribution in [0.1, 0.15) is 18.2 Å². The van der Waals surface area contributed by atoms with Gasteiger partial charge in [0.1, 0.15) is 0 Å². The number of hydrogen-bond donors (Lipinski definition) is 2. The van der Waals surface area contributed by atoms with Crippen molar-refractivity contribution in [2.75, 3.05) is 6.54 Å². The van der Waals surface area contributed by atoms with Crippen LogP contribution in [0.25, 0.3) is 0 Å². The molecule has 2 rings (SSSR count). The Morgan fingerprint density at radius 3 is 2.94 bits per heavy atom. The SMILES string of the molecule is Cc1[nH]ncc1CNCC(C)Cn1cccn1.Cl. The smallest absolute Gasteiger partial charge is 0.0535 e. The first-order valence-electron chi connectivity index (χ1n) is 5.92. The molecule has 18 heavy (non-hydrogen) atoms. The van der Waals surface area contributed by atoms with Gasteiger partial charge < -0.3 is 5.32 Å². The predicted molar refractivity (Wildman–Crippen MR) is 73.7 cm³/mol. The summed E-state index contributed by atoms with van der Waals surface area (Å²) in [7, 11) is 0. The highest BCUT2D eigenvalue weighted by Crippen LogP contribution is 2.03. The molecule has 2 heterocycles. The summed E-state index contributed by atoms with van der Waals surface area (Å²) in [6.45, 7) is 7.05. The van der Waals surface area contributed by atoms with Gasteiger partial charge in [0, 0.05) is 36.7 Å². The van der Waals surface area contributed by atoms with Crippen molar-refractivity contribution in [3.63, 3.8) is 0 Å². The minimum atomic E-state index is 0. The minimum Gasteiger partial charge on any atom is -0.312 e. The summed E-state index contributed by atoms with van der Waals surface area (Å²) in [6.07, 6.45) is 5.69. The summed E-state index contributed by atoms with van der Waals surface area (Å²) < 4.78 is 1.97. The van der Waals surface area contributed by atoms with Crippen LogP contribution in [0.4, 0.5) is 0 Å². The number of aromatic nitrogens is 4. The third-order valence-electron chi connectivity index (χ3n) is 2.80. The molecule has 0 aromatic carbocycles. The maximum Gasteiger partial charge on any atom is 0.0535 e. The van der Waals surface area contributed by atoms with Gasteiger partial charge in [0.2, 0.25) is 0 Å². The molecule has 0 aliphatic rings. The molecule has 2 aromatic heterocycles. The first-order chi connectivity index (χ1) is 8.25. The largest absolute Gasteiger partial charge is 0.312 e. The summed E-state index contributed by atoms with van der Waals surface area (Å²) >= 11 is 0. The quantitative estimate of drug-likeness (QED) is 0.840. The summed E-state index contributed by atoms with van der Waals surface area (Å²) in [6, 6.07) is 1.95. The first kappa shape index (κ1) is 14.7. The lowest BCUT2D eigenvalue weighted by Gasteiger charge is -2.12. The van der Waals surface area contributed by atoms with E-state index in [4.69, 9.17) is 0 Å². The zero-order valence-electron chi connectivity index (χ0n) is 10.8. The van der Waals surface area contributed by atoms with Gasteiger partial charge >= 0.3 is 0 Å². The molecule has 2 N–H and O–H groups in total. The molecule has 0 spiro atoms. The molecule has 6 heteroatoms. The van der Waals surface area contributed by atoms with Crippen LogP contribution in [0.3, 0.4) is 0 Å². The number of aryl methyl sites for hydroxylation is 1. The number of hydrogen-bond acceptors (Lipinski definition) is 3. The maximum atomic E-state index is 4.20. The van der Waals surface area contributed by atoms with E-state index in [0.29, 0.717) is 5.92 Å². The van der Waals surface area contributed by atoms with Crippen LogP contribution < -0.4 is 5.32 Å². The number of nitrogens with zero attached hydrogens (tertiary/aromatic N) is 3. The fourth-order valence-corrected chi connectivity index (χ4v) is 1.80. The third kappa shape index (κ3) is 4.16. The Bertz CT molecular complexity index is 437. The zero-order chi connectivity index (χ0) is 12.1. The van der Waals surface area contributed by atoms with Gasteiger partial charge in [-0.3, -0.25) is 9.78 Å². The van der Waals surface area contributed by atoms with Crippen molar-refractivity contribution >= 4 is 12.4 Å². The number of nitrogens with one attached hydrogen (secondary N) is 2. The molecule has 0 radical (unpaired) electrons. The average molecular weight is 270 g/mol. The molecule has 1 atom stereocenters. The van der Waals surface area contributed by atoms with Crippen molar-refractivity contribution in [1.29, 1.82) is 0 Å². The van der Waals surface area contributed by atoms with E-state index >= 15 is 0 Å². The number of halogens is 1. The highest BCUT2D eigenvalue weighted by Gasteiger charge is 2.04. The predicted octanol–water partition coefficient (Wildman–Crippen LogP) is 1.76. The number of H-pyrrole nitrogens is 1. The molecule has 1 unspecified atom stereocenters. The lowest BCUT2D eigenvalue weighted by Crippen LogP contribution is -2.24. The van der Waals surface area contributed by atoms with Gasteiger partial charge in [0.15, 0.2) is 0 Å². The van der Waals surface area contributed by atoms with Crippen molar-refractivity contribution in [3.8, 4) is 0 Å². The van der Waals surface area contributed by atoms with Crippen LogP contribution in [0.2, 0.25) is 0 Å². The van der Waals surface area contributed by atoms with E-state index in [0.717, 1.165) is 25.3 Å². The number of aromatic amines is 1. The molecule has 0 amide bonds. The summed E-state index contributed by atoms with van der Waals surface area (Å²) in [5.41, 5.74) is 2.37. The normalized spacial score (nSPS) is 12.1. The Labute approximate surface area is 113 Å². The number of rotatable bonds is 6. The molecule has 0 bridgehead atoms. The minimum absolute atomic E-state index is 0. The average Bonchev–Trinajstić information content (AvgIpc) is 2.91. The van der Waals surface area contributed by atoms with E-state index in [2.05, 4.69) is 27.5 Å². The van der Waals surface area contributed by atoms with Gasteiger partial charge in [-0.1, -0.05) is 6.92 Å². The van der Waals surface area contributed by atoms with E-state index in [1.54, 1.807) is 0 Å². The highest BCUT2D eigenvalue weighted by molar-refractivity contribution is 5.85. The summed E-state index contributed by atoms with van der Waals surface area (Å²) in [5.74, 6) is 0.558. The van der Waals surface area contributed by atoms with Gasteiger partial charge in [-0.2, -0.15) is 10.2 Å². The van der Waals surface area contributed by atoms with Gasteiger partial charge in [0.05, 0.1) is 6.20 Å². The van der Waals surface area contributed by atoms with Crippen molar-refractivity contribution in [2.24, 2.45) is 5.92 Å². The molecule has 2 aromatic rings. The molecule has 0 saturated carbocycles. The van der Waals surface area contributed by atoms with E-state index in [9.17, 15) is 0 Å². The lowest BCUT2D eigenvalue weighted by molar-refractivity contribution is 0.421. The highest BCUT2D eigenvalue weighted by atomic mass is 35.5. The fourth-order valence-electron chi connectivity index (χ4n) is 1.80. The third-order valence-corrected chi connectivity index (χ3v) is 2.80. The second-order valence-electron chi connectivity index (χ2n) is 4.48. The standard InChI is InChI=1S/C12H19N5.ClH/c1-10(9-17-5-3-4-15-17)6-13-7-12-8-14-16-11(12)2;/h3-5,8,10,13H,6-7,9H2,1-2H3,(H,14,16);1H. The van der Waals surface area contributed by atoms with Crippen LogP contribution in [0, 0.1) is 12.8 Å². The van der Waals surface area contributed by atoms with Gasteiger partial charge in [-0.25, -0.2) is 0 Å². The van der Waals surface area contributed by atoms with E-state index in [1.165, 1.54) is 5.56 Å². The molecule has 0 aliphatic carbocycles. The second kappa shape index (κ2) is 7.18. The molecule has 5 nitrogen and oxygen atoms in total. The molecule has 0 aliphatic heterocycles. The first-order valence-corrected chi connectivity index (χ1v) is 5.92. The van der Waals surface area contributed by atoms with Gasteiger partial charge in [-0.05, 0) is 25.5 Å². The van der Waals surface area contributed by atoms with Crippen molar-refractivity contribution in [1.82, 2.24) is 25.3 Å². The Balaban J connectivity index is 0.00000162. The van der Waals surface area contributed by atoms with Crippen molar-refractivity contribution in [3.05, 3.63) is 35.9 Å². The molecule has 0 fully saturated rings. The Kier molecular flexibility index (Phi) is 5.88. The van der Waals surface area contributed by atoms with Crippen LogP contribution in [0.5, 0.6) is 0 Å². The van der Waals surface area contributed by atoms with Crippen molar-refractivity contribution in [2.45, 2.75) is 26.9 Å². The second-order valence-corrected chi connectivity index (χ2v) is 4.48. The van der Waals surface area contributed by atoms with Crippen LogP contribution >= 0.6 is 12.4 Å². The molecule has 0 saturated heterocycles. The Hall–Kier alpha value is -1.33. The van der Waals surface area contributed by atoms with Gasteiger partial charge in [-0.15, -0.1) is 12.4 Å². The van der Waals surface area contributed by atoms with Crippen LogP contribution in [0.15, 0.2) is 24.7 Å². The Morgan fingerprint density at radius 1 is 1.50 bits per heavy atom. The Morgan fingerprint density at radius 2 is 2.33 bits per heavy atom. The lowest BCUT2D eigenvalue weighted by atomic mass is 10.2. The summed E-state index contributed by atoms with van der Waals surface area (Å²) in [4.78, 5) is 0. The van der Waals surface area contributed by atoms with Crippen LogP contribution in [-0.2, 0) is 13.1 Å². The topological polar surface area (TPSA) is 58.5 Å². The van der Waals surface area contributed by atoms with E-state index in [1.807, 2.05) is 36.3 Å². The molecular weight excluding hydrogens is 250 g/mol. The van der Waals surface area contributed by atoms with Gasteiger partial charge in [0.25, 0.3) is 0 Å². The fraction of sp³-hybridized carbons (Fsp3) is 0.500. The summed E-state index contributed by atoms with van der Waals surface area (Å²) in [5, 5.41) is 14.6. The maximum absolute atomic E-state index is 4.20. The molecular formula is C12H20ClN5. The van der Waals surface area contributed by atoms with E-state index < -0.39 is 0 Å².